The number of anilines is 1. The fraction of sp³-hybridized carbons (Fsp3) is 0.459. The molecule has 0 N–H and O–H groups in total. The standard InChI is InChI=1S/C37H39F3N6O3/c1-6-25-28(39)12-11-23-9-7-10-26(29(23)25)31-30(40)32-27(18-41-31)33(46-16-15-44(19-22(46)2)35(47)49-36(3,4)5)43-34(42-32)48-21-37-13-8-14-45(37)20-24(38)17-37/h1,7,9-12,18,22,24H,8,13-17,19-21H2,2-5H3/t22-,24+,37-/m0/s1. The first-order valence-electron chi connectivity index (χ1n) is 16.7. The lowest BCUT2D eigenvalue weighted by atomic mass is 9.95. The zero-order valence-electron chi connectivity index (χ0n) is 28.1. The number of ether oxygens (including phenoxy) is 2. The van der Waals surface area contributed by atoms with Gasteiger partial charge in [0.1, 0.15) is 41.2 Å². The average Bonchev–Trinajstić information content (AvgIpc) is 3.58. The summed E-state index contributed by atoms with van der Waals surface area (Å²) in [5, 5.41) is 1.36. The van der Waals surface area contributed by atoms with Crippen LogP contribution >= 0.6 is 0 Å². The van der Waals surface area contributed by atoms with E-state index in [1.54, 1.807) is 29.2 Å². The normalized spacial score (nSPS) is 22.8. The minimum Gasteiger partial charge on any atom is -0.461 e. The van der Waals surface area contributed by atoms with E-state index in [1.807, 2.05) is 32.6 Å². The second kappa shape index (κ2) is 12.4. The van der Waals surface area contributed by atoms with Crippen molar-refractivity contribution in [1.82, 2.24) is 24.8 Å². The molecule has 0 radical (unpaired) electrons. The van der Waals surface area contributed by atoms with Gasteiger partial charge in [-0.2, -0.15) is 9.97 Å². The fourth-order valence-electron chi connectivity index (χ4n) is 7.60. The van der Waals surface area contributed by atoms with E-state index in [9.17, 15) is 13.6 Å². The molecule has 5 heterocycles. The summed E-state index contributed by atoms with van der Waals surface area (Å²) in [5.74, 6) is 1.48. The predicted molar refractivity (Wildman–Crippen MR) is 181 cm³/mol. The van der Waals surface area contributed by atoms with Gasteiger partial charge in [-0.3, -0.25) is 9.88 Å². The Morgan fingerprint density at radius 2 is 1.94 bits per heavy atom. The molecule has 1 amide bonds. The van der Waals surface area contributed by atoms with Crippen LogP contribution in [-0.4, -0.2) is 93.5 Å². The number of hydrogen-bond acceptors (Lipinski definition) is 8. The molecule has 0 bridgehead atoms. The molecule has 0 unspecified atom stereocenters. The monoisotopic (exact) mass is 672 g/mol. The third kappa shape index (κ3) is 5.98. The molecule has 256 valence electrons. The highest BCUT2D eigenvalue weighted by Crippen LogP contribution is 2.41. The summed E-state index contributed by atoms with van der Waals surface area (Å²) in [6, 6.07) is 7.77. The number of aromatic nitrogens is 3. The van der Waals surface area contributed by atoms with Crippen LogP contribution in [0.15, 0.2) is 36.5 Å². The third-order valence-corrected chi connectivity index (χ3v) is 9.82. The molecular formula is C37H39F3N6O3. The molecule has 4 aromatic rings. The van der Waals surface area contributed by atoms with Gasteiger partial charge in [-0.25, -0.2) is 18.0 Å². The van der Waals surface area contributed by atoms with Crippen LogP contribution in [0.2, 0.25) is 0 Å². The van der Waals surface area contributed by atoms with Crippen LogP contribution in [0.25, 0.3) is 32.9 Å². The lowest BCUT2D eigenvalue weighted by Gasteiger charge is -2.41. The highest BCUT2D eigenvalue weighted by atomic mass is 19.1. The maximum Gasteiger partial charge on any atom is 0.410 e. The molecule has 3 saturated heterocycles. The molecule has 7 rings (SSSR count). The maximum atomic E-state index is 16.9. The first kappa shape index (κ1) is 32.9. The van der Waals surface area contributed by atoms with Crippen molar-refractivity contribution in [2.45, 2.75) is 70.3 Å². The molecule has 9 nitrogen and oxygen atoms in total. The van der Waals surface area contributed by atoms with Crippen molar-refractivity contribution >= 4 is 33.6 Å². The van der Waals surface area contributed by atoms with Gasteiger partial charge < -0.3 is 19.3 Å². The largest absolute Gasteiger partial charge is 0.461 e. The van der Waals surface area contributed by atoms with Crippen molar-refractivity contribution in [3.63, 3.8) is 0 Å². The number of carbonyl (C=O) groups is 1. The van der Waals surface area contributed by atoms with Gasteiger partial charge in [-0.15, -0.1) is 6.42 Å². The van der Waals surface area contributed by atoms with Crippen molar-refractivity contribution in [2.24, 2.45) is 0 Å². The van der Waals surface area contributed by atoms with E-state index in [1.165, 1.54) is 12.3 Å². The van der Waals surface area contributed by atoms with Crippen LogP contribution in [0, 0.1) is 24.0 Å². The molecule has 0 saturated carbocycles. The Bertz CT molecular complexity index is 1990. The highest BCUT2D eigenvalue weighted by Gasteiger charge is 2.49. The van der Waals surface area contributed by atoms with Crippen LogP contribution in [0.1, 0.15) is 52.5 Å². The third-order valence-electron chi connectivity index (χ3n) is 9.82. The number of rotatable bonds is 5. The maximum absolute atomic E-state index is 16.9. The zero-order valence-corrected chi connectivity index (χ0v) is 28.1. The number of fused-ring (bicyclic) bond motifs is 3. The van der Waals surface area contributed by atoms with E-state index in [0.717, 1.165) is 19.4 Å². The summed E-state index contributed by atoms with van der Waals surface area (Å²) in [4.78, 5) is 32.5. The lowest BCUT2D eigenvalue weighted by Crippen LogP contribution is -2.55. The molecular weight excluding hydrogens is 633 g/mol. The Kier molecular flexibility index (Phi) is 8.30. The molecule has 12 heteroatoms. The van der Waals surface area contributed by atoms with E-state index in [0.29, 0.717) is 60.1 Å². The lowest BCUT2D eigenvalue weighted by molar-refractivity contribution is 0.0218. The van der Waals surface area contributed by atoms with Gasteiger partial charge in [0.2, 0.25) is 0 Å². The highest BCUT2D eigenvalue weighted by molar-refractivity contribution is 6.02. The number of carbonyl (C=O) groups excluding carboxylic acids is 1. The Balaban J connectivity index is 1.31. The van der Waals surface area contributed by atoms with Crippen LogP contribution in [0.3, 0.4) is 0 Å². The SMILES string of the molecule is C#Cc1c(F)ccc2cccc(-c3ncc4c(N5CCN(C(=O)OC(C)(C)C)C[C@@H]5C)nc(OC[C@@]56CCCN5C[C@H](F)C6)nc4c3F)c12. The number of nitrogens with zero attached hydrogens (tertiary/aromatic N) is 6. The number of terminal acetylenes is 1. The van der Waals surface area contributed by atoms with E-state index < -0.39 is 35.0 Å². The van der Waals surface area contributed by atoms with Crippen molar-refractivity contribution in [1.29, 1.82) is 0 Å². The molecule has 3 aliphatic rings. The number of halogens is 3. The first-order chi connectivity index (χ1) is 23.4. The molecule has 49 heavy (non-hydrogen) atoms. The molecule has 2 aromatic carbocycles. The van der Waals surface area contributed by atoms with E-state index >= 15 is 4.39 Å². The molecule has 0 aliphatic carbocycles. The Labute approximate surface area is 283 Å². The number of piperazine rings is 1. The average molecular weight is 673 g/mol. The van der Waals surface area contributed by atoms with Gasteiger partial charge >= 0.3 is 12.1 Å². The first-order valence-corrected chi connectivity index (χ1v) is 16.7. The van der Waals surface area contributed by atoms with Gasteiger partial charge in [0.25, 0.3) is 0 Å². The number of hydrogen-bond donors (Lipinski definition) is 0. The van der Waals surface area contributed by atoms with Crippen LogP contribution in [0.5, 0.6) is 6.01 Å². The van der Waals surface area contributed by atoms with Gasteiger partial charge in [0, 0.05) is 55.8 Å². The quantitative estimate of drug-likeness (QED) is 0.222. The number of amides is 1. The summed E-state index contributed by atoms with van der Waals surface area (Å²) in [6.07, 6.45) is 7.95. The molecule has 2 aromatic heterocycles. The van der Waals surface area contributed by atoms with Gasteiger partial charge in [-0.05, 0) is 58.5 Å². The summed E-state index contributed by atoms with van der Waals surface area (Å²) >= 11 is 0. The van der Waals surface area contributed by atoms with Crippen LogP contribution in [0.4, 0.5) is 23.8 Å². The molecule has 3 atom stereocenters. The Morgan fingerprint density at radius 3 is 2.69 bits per heavy atom. The summed E-state index contributed by atoms with van der Waals surface area (Å²) in [5.41, 5.74) is -0.841. The number of benzene rings is 2. The van der Waals surface area contributed by atoms with Crippen molar-refractivity contribution in [3.8, 4) is 29.6 Å². The van der Waals surface area contributed by atoms with Crippen LogP contribution in [-0.2, 0) is 4.74 Å². The topological polar surface area (TPSA) is 83.9 Å². The van der Waals surface area contributed by atoms with Crippen molar-refractivity contribution in [2.75, 3.05) is 44.2 Å². The minimum absolute atomic E-state index is 0.0154. The summed E-state index contributed by atoms with van der Waals surface area (Å²) in [7, 11) is 0. The molecule has 3 aliphatic heterocycles. The van der Waals surface area contributed by atoms with Crippen molar-refractivity contribution in [3.05, 3.63) is 53.7 Å². The van der Waals surface area contributed by atoms with Gasteiger partial charge in [0.15, 0.2) is 5.82 Å². The van der Waals surface area contributed by atoms with Gasteiger partial charge in [-0.1, -0.05) is 30.2 Å². The number of alkyl halides is 1. The summed E-state index contributed by atoms with van der Waals surface area (Å²) < 4.78 is 58.1. The fourth-order valence-corrected chi connectivity index (χ4v) is 7.60. The molecule has 3 fully saturated rings. The van der Waals surface area contributed by atoms with Gasteiger partial charge in [0.05, 0.1) is 16.5 Å². The number of pyridine rings is 1. The van der Waals surface area contributed by atoms with E-state index in [2.05, 4.69) is 20.8 Å². The van der Waals surface area contributed by atoms with E-state index in [4.69, 9.17) is 20.9 Å². The second-order valence-electron chi connectivity index (χ2n) is 14.3. The zero-order chi connectivity index (χ0) is 34.7. The van der Waals surface area contributed by atoms with Crippen LogP contribution < -0.4 is 9.64 Å². The summed E-state index contributed by atoms with van der Waals surface area (Å²) in [6.45, 7) is 9.80. The molecule has 0 spiro atoms. The Morgan fingerprint density at radius 1 is 1.12 bits per heavy atom. The minimum atomic E-state index is -0.941. The Hall–Kier alpha value is -4.63. The smallest absolute Gasteiger partial charge is 0.410 e. The predicted octanol–water partition coefficient (Wildman–Crippen LogP) is 6.51. The second-order valence-corrected chi connectivity index (χ2v) is 14.3. The van der Waals surface area contributed by atoms with Crippen molar-refractivity contribution < 1.29 is 27.4 Å². The van der Waals surface area contributed by atoms with E-state index in [-0.39, 0.29) is 35.4 Å².